The highest BCUT2D eigenvalue weighted by molar-refractivity contribution is 5.73. The first kappa shape index (κ1) is 9.67. The zero-order valence-corrected chi connectivity index (χ0v) is 7.40. The fourth-order valence-electron chi connectivity index (χ4n) is 1.02. The molecule has 13 heavy (non-hydrogen) atoms. The molecular weight excluding hydrogens is 168 g/mol. The summed E-state index contributed by atoms with van der Waals surface area (Å²) in [7, 11) is 0. The highest BCUT2D eigenvalue weighted by Crippen LogP contribution is 2.02. The number of carboxylic acids is 1. The number of aryl methyl sites for hydroxylation is 1. The summed E-state index contributed by atoms with van der Waals surface area (Å²) in [5, 5.41) is 8.56. The molecule has 1 atom stereocenters. The number of hydrogen-bond acceptors (Lipinski definition) is 3. The summed E-state index contributed by atoms with van der Waals surface area (Å²) < 4.78 is 0. The minimum absolute atomic E-state index is 0.275. The lowest BCUT2D eigenvalue weighted by atomic mass is 10.1. The summed E-state index contributed by atoms with van der Waals surface area (Å²) in [6.07, 6.45) is 1.93. The van der Waals surface area contributed by atoms with Crippen LogP contribution in [0.1, 0.15) is 11.3 Å². The van der Waals surface area contributed by atoms with Gasteiger partial charge in [-0.1, -0.05) is 0 Å². The molecule has 0 bridgehead atoms. The van der Waals surface area contributed by atoms with E-state index in [9.17, 15) is 4.79 Å². The van der Waals surface area contributed by atoms with Crippen LogP contribution in [-0.4, -0.2) is 22.1 Å². The summed E-state index contributed by atoms with van der Waals surface area (Å²) in [5.74, 6) is -0.997. The van der Waals surface area contributed by atoms with Crippen molar-refractivity contribution in [2.24, 2.45) is 5.73 Å². The molecule has 1 rings (SSSR count). The van der Waals surface area contributed by atoms with Gasteiger partial charge in [-0.2, -0.15) is 0 Å². The van der Waals surface area contributed by atoms with E-state index in [-0.39, 0.29) is 6.42 Å². The van der Waals surface area contributed by atoms with Gasteiger partial charge in [0.05, 0.1) is 0 Å². The molecule has 0 radical (unpaired) electrons. The predicted molar refractivity (Wildman–Crippen MR) is 48.3 cm³/mol. The maximum Gasteiger partial charge on any atom is 0.320 e. The zero-order valence-electron chi connectivity index (χ0n) is 7.40. The van der Waals surface area contributed by atoms with Gasteiger partial charge >= 0.3 is 5.97 Å². The molecule has 4 nitrogen and oxygen atoms in total. The second kappa shape index (κ2) is 4.00. The van der Waals surface area contributed by atoms with E-state index in [1.165, 1.54) is 0 Å². The Morgan fingerprint density at radius 1 is 1.77 bits per heavy atom. The molecule has 0 aliphatic carbocycles. The first-order chi connectivity index (χ1) is 6.09. The first-order valence-corrected chi connectivity index (χ1v) is 3.99. The summed E-state index contributed by atoms with van der Waals surface area (Å²) in [6.45, 7) is 1.93. The van der Waals surface area contributed by atoms with Crippen molar-refractivity contribution in [1.82, 2.24) is 4.98 Å². The van der Waals surface area contributed by atoms with Crippen LogP contribution in [0.5, 0.6) is 0 Å². The van der Waals surface area contributed by atoms with E-state index in [0.29, 0.717) is 0 Å². The third-order valence-corrected chi connectivity index (χ3v) is 1.72. The molecule has 0 amide bonds. The molecule has 0 saturated carbocycles. The van der Waals surface area contributed by atoms with Crippen LogP contribution >= 0.6 is 0 Å². The van der Waals surface area contributed by atoms with Gasteiger partial charge in [0.2, 0.25) is 0 Å². The van der Waals surface area contributed by atoms with E-state index in [1.807, 2.05) is 19.1 Å². The Balaban J connectivity index is 2.69. The van der Waals surface area contributed by atoms with Gasteiger partial charge < -0.3 is 10.8 Å². The summed E-state index contributed by atoms with van der Waals surface area (Å²) in [5.41, 5.74) is 7.13. The molecule has 4 heteroatoms. The van der Waals surface area contributed by atoms with Crippen LogP contribution in [0.2, 0.25) is 0 Å². The van der Waals surface area contributed by atoms with Gasteiger partial charge in [0.15, 0.2) is 0 Å². The Kier molecular flexibility index (Phi) is 2.97. The molecule has 0 aliphatic rings. The van der Waals surface area contributed by atoms with Crippen LogP contribution in [0.3, 0.4) is 0 Å². The summed E-state index contributed by atoms with van der Waals surface area (Å²) in [4.78, 5) is 14.5. The third kappa shape index (κ3) is 2.83. The Hall–Kier alpha value is -1.42. The zero-order chi connectivity index (χ0) is 9.84. The number of aliphatic carboxylic acids is 1. The van der Waals surface area contributed by atoms with Crippen molar-refractivity contribution in [2.45, 2.75) is 19.4 Å². The van der Waals surface area contributed by atoms with Crippen LogP contribution in [0.25, 0.3) is 0 Å². The molecule has 3 N–H and O–H groups in total. The quantitative estimate of drug-likeness (QED) is 0.703. The first-order valence-electron chi connectivity index (χ1n) is 3.99. The number of carbonyl (C=O) groups is 1. The molecule has 0 spiro atoms. The molecule has 0 saturated heterocycles. The van der Waals surface area contributed by atoms with Crippen LogP contribution in [0.4, 0.5) is 0 Å². The largest absolute Gasteiger partial charge is 0.480 e. The number of pyridine rings is 1. The third-order valence-electron chi connectivity index (χ3n) is 1.72. The maximum absolute atomic E-state index is 10.4. The number of hydrogen-bond donors (Lipinski definition) is 2. The van der Waals surface area contributed by atoms with Crippen LogP contribution in [-0.2, 0) is 11.2 Å². The normalized spacial score (nSPS) is 12.5. The Bertz CT molecular complexity index is 312. The molecule has 0 aromatic carbocycles. The molecule has 1 aromatic rings. The van der Waals surface area contributed by atoms with Crippen molar-refractivity contribution in [3.05, 3.63) is 29.6 Å². The number of carboxylic acid groups (broad SMARTS) is 1. The van der Waals surface area contributed by atoms with Crippen LogP contribution in [0.15, 0.2) is 18.3 Å². The molecule has 1 unspecified atom stereocenters. The van der Waals surface area contributed by atoms with E-state index in [0.717, 1.165) is 11.3 Å². The highest BCUT2D eigenvalue weighted by Gasteiger charge is 2.12. The SMILES string of the molecule is Cc1ccnc(CC(N)C(=O)O)c1. The molecule has 1 heterocycles. The fraction of sp³-hybridized carbons (Fsp3) is 0.333. The molecule has 1 aromatic heterocycles. The molecule has 0 fully saturated rings. The average Bonchev–Trinajstić information content (AvgIpc) is 2.04. The van der Waals surface area contributed by atoms with Gasteiger partial charge in [-0.25, -0.2) is 0 Å². The second-order valence-electron chi connectivity index (χ2n) is 2.97. The van der Waals surface area contributed by atoms with Crippen molar-refractivity contribution in [1.29, 1.82) is 0 Å². The Morgan fingerprint density at radius 2 is 2.46 bits per heavy atom. The lowest BCUT2D eigenvalue weighted by molar-refractivity contribution is -0.138. The van der Waals surface area contributed by atoms with Gasteiger partial charge in [-0.05, 0) is 24.6 Å². The monoisotopic (exact) mass is 180 g/mol. The number of nitrogens with two attached hydrogens (primary N) is 1. The smallest absolute Gasteiger partial charge is 0.320 e. The minimum atomic E-state index is -0.997. The van der Waals surface area contributed by atoms with E-state index in [4.69, 9.17) is 10.8 Å². The van der Waals surface area contributed by atoms with Crippen molar-refractivity contribution >= 4 is 5.97 Å². The molecule has 0 aliphatic heterocycles. The number of aromatic nitrogens is 1. The average molecular weight is 180 g/mol. The molecule has 70 valence electrons. The molecular formula is C9H12N2O2. The Morgan fingerprint density at radius 3 is 3.00 bits per heavy atom. The maximum atomic E-state index is 10.4. The van der Waals surface area contributed by atoms with Gasteiger partial charge in [0.1, 0.15) is 6.04 Å². The van der Waals surface area contributed by atoms with Gasteiger partial charge in [-0.3, -0.25) is 9.78 Å². The fourth-order valence-corrected chi connectivity index (χ4v) is 1.02. The minimum Gasteiger partial charge on any atom is -0.480 e. The van der Waals surface area contributed by atoms with Crippen LogP contribution in [0, 0.1) is 6.92 Å². The van der Waals surface area contributed by atoms with E-state index in [1.54, 1.807) is 6.20 Å². The van der Waals surface area contributed by atoms with Gasteiger partial charge in [0.25, 0.3) is 0 Å². The summed E-state index contributed by atoms with van der Waals surface area (Å²) in [6, 6.07) is 2.83. The lowest BCUT2D eigenvalue weighted by Crippen LogP contribution is -2.32. The van der Waals surface area contributed by atoms with E-state index in [2.05, 4.69) is 4.98 Å². The van der Waals surface area contributed by atoms with E-state index >= 15 is 0 Å². The Labute approximate surface area is 76.4 Å². The van der Waals surface area contributed by atoms with Gasteiger partial charge in [-0.15, -0.1) is 0 Å². The van der Waals surface area contributed by atoms with Crippen LogP contribution < -0.4 is 5.73 Å². The van der Waals surface area contributed by atoms with Crippen molar-refractivity contribution < 1.29 is 9.90 Å². The number of rotatable bonds is 3. The summed E-state index contributed by atoms with van der Waals surface area (Å²) >= 11 is 0. The van der Waals surface area contributed by atoms with Crippen molar-refractivity contribution in [2.75, 3.05) is 0 Å². The second-order valence-corrected chi connectivity index (χ2v) is 2.97. The number of nitrogens with zero attached hydrogens (tertiary/aromatic N) is 1. The lowest BCUT2D eigenvalue weighted by Gasteiger charge is -2.05. The van der Waals surface area contributed by atoms with Crippen molar-refractivity contribution in [3.8, 4) is 0 Å². The predicted octanol–water partition coefficient (Wildman–Crippen LogP) is 0.344. The van der Waals surface area contributed by atoms with Gasteiger partial charge in [0, 0.05) is 18.3 Å². The highest BCUT2D eigenvalue weighted by atomic mass is 16.4. The standard InChI is InChI=1S/C9H12N2O2/c1-6-2-3-11-7(4-6)5-8(10)9(12)13/h2-4,8H,5,10H2,1H3,(H,12,13). The topological polar surface area (TPSA) is 76.2 Å². The van der Waals surface area contributed by atoms with Crippen molar-refractivity contribution in [3.63, 3.8) is 0 Å². The van der Waals surface area contributed by atoms with E-state index < -0.39 is 12.0 Å².